The van der Waals surface area contributed by atoms with E-state index in [2.05, 4.69) is 20.9 Å². The van der Waals surface area contributed by atoms with Crippen LogP contribution in [0, 0.1) is 5.41 Å². The molecule has 0 aliphatic heterocycles. The van der Waals surface area contributed by atoms with Crippen LogP contribution in [0.4, 0.5) is 0 Å². The molecule has 0 aromatic carbocycles. The van der Waals surface area contributed by atoms with Gasteiger partial charge in [-0.25, -0.2) is 4.99 Å². The van der Waals surface area contributed by atoms with Gasteiger partial charge in [0.25, 0.3) is 0 Å². The van der Waals surface area contributed by atoms with E-state index in [1.807, 2.05) is 6.92 Å². The summed E-state index contributed by atoms with van der Waals surface area (Å²) in [5.74, 6) is 0.593. The molecule has 0 spiro atoms. The Balaban J connectivity index is 0.00000529. The zero-order valence-electron chi connectivity index (χ0n) is 15.2. The maximum Gasteiger partial charge on any atom is 0.241 e. The Morgan fingerprint density at radius 3 is 2.38 bits per heavy atom. The van der Waals surface area contributed by atoms with E-state index >= 15 is 0 Å². The molecule has 0 atom stereocenters. The lowest BCUT2D eigenvalue weighted by atomic mass is 9.67. The molecule has 142 valence electrons. The highest BCUT2D eigenvalue weighted by Gasteiger charge is 2.36. The molecular weight excluding hydrogens is 423 g/mol. The molecule has 24 heavy (non-hydrogen) atoms. The van der Waals surface area contributed by atoms with Gasteiger partial charge >= 0.3 is 0 Å². The summed E-state index contributed by atoms with van der Waals surface area (Å²) in [5, 5.41) is 9.32. The minimum Gasteiger partial charge on any atom is -0.385 e. The molecule has 1 rings (SSSR count). The van der Waals surface area contributed by atoms with Gasteiger partial charge in [0.05, 0.1) is 6.61 Å². The summed E-state index contributed by atoms with van der Waals surface area (Å²) in [6, 6.07) is 0. The van der Waals surface area contributed by atoms with Gasteiger partial charge in [-0.05, 0) is 31.6 Å². The average Bonchev–Trinajstić information content (AvgIpc) is 2.51. The van der Waals surface area contributed by atoms with Crippen LogP contribution < -0.4 is 16.0 Å². The molecular formula is C16H33IN4O3. The molecule has 0 saturated heterocycles. The summed E-state index contributed by atoms with van der Waals surface area (Å²) < 4.78 is 10.1. The van der Waals surface area contributed by atoms with Crippen LogP contribution in [0.2, 0.25) is 0 Å². The number of hydrogen-bond donors (Lipinski definition) is 3. The fraction of sp³-hybridized carbons (Fsp3) is 0.875. The SMILES string of the molecule is CCNC(=NCC(=O)NCCOC)NCC1(CCOC)CCC1.I. The van der Waals surface area contributed by atoms with E-state index in [9.17, 15) is 4.79 Å². The Morgan fingerprint density at radius 1 is 1.12 bits per heavy atom. The average molecular weight is 456 g/mol. The molecule has 7 nitrogen and oxygen atoms in total. The van der Waals surface area contributed by atoms with Crippen molar-refractivity contribution in [2.75, 3.05) is 53.6 Å². The largest absolute Gasteiger partial charge is 0.385 e. The molecule has 0 radical (unpaired) electrons. The van der Waals surface area contributed by atoms with Crippen molar-refractivity contribution >= 4 is 35.8 Å². The van der Waals surface area contributed by atoms with Crippen LogP contribution in [-0.2, 0) is 14.3 Å². The van der Waals surface area contributed by atoms with Gasteiger partial charge in [-0.1, -0.05) is 6.42 Å². The van der Waals surface area contributed by atoms with Crippen molar-refractivity contribution in [3.8, 4) is 0 Å². The van der Waals surface area contributed by atoms with Crippen molar-refractivity contribution in [1.29, 1.82) is 0 Å². The lowest BCUT2D eigenvalue weighted by Gasteiger charge is -2.42. The molecule has 0 bridgehead atoms. The van der Waals surface area contributed by atoms with Gasteiger partial charge in [-0.2, -0.15) is 0 Å². The fourth-order valence-electron chi connectivity index (χ4n) is 2.62. The van der Waals surface area contributed by atoms with Crippen LogP contribution in [0.3, 0.4) is 0 Å². The summed E-state index contributed by atoms with van der Waals surface area (Å²) in [5.41, 5.74) is 0.312. The molecule has 1 aliphatic rings. The molecule has 1 amide bonds. The van der Waals surface area contributed by atoms with Gasteiger partial charge in [0.2, 0.25) is 5.91 Å². The normalized spacial score (nSPS) is 15.9. The van der Waals surface area contributed by atoms with Crippen LogP contribution in [0.25, 0.3) is 0 Å². The second kappa shape index (κ2) is 13.7. The number of nitrogens with one attached hydrogen (secondary N) is 3. The Kier molecular flexibility index (Phi) is 13.3. The van der Waals surface area contributed by atoms with E-state index in [1.54, 1.807) is 14.2 Å². The van der Waals surface area contributed by atoms with E-state index in [-0.39, 0.29) is 36.4 Å². The Bertz CT molecular complexity index is 376. The van der Waals surface area contributed by atoms with Crippen LogP contribution in [-0.4, -0.2) is 65.5 Å². The molecule has 3 N–H and O–H groups in total. The molecule has 1 fully saturated rings. The number of nitrogens with zero attached hydrogens (tertiary/aromatic N) is 1. The van der Waals surface area contributed by atoms with Crippen molar-refractivity contribution in [2.24, 2.45) is 10.4 Å². The van der Waals surface area contributed by atoms with Crippen molar-refractivity contribution in [2.45, 2.75) is 32.6 Å². The van der Waals surface area contributed by atoms with Crippen LogP contribution in [0.5, 0.6) is 0 Å². The van der Waals surface area contributed by atoms with Crippen molar-refractivity contribution in [3.63, 3.8) is 0 Å². The molecule has 1 aliphatic carbocycles. The highest BCUT2D eigenvalue weighted by molar-refractivity contribution is 14.0. The van der Waals surface area contributed by atoms with E-state index in [4.69, 9.17) is 9.47 Å². The number of guanidine groups is 1. The van der Waals surface area contributed by atoms with E-state index in [0.717, 1.165) is 26.1 Å². The second-order valence-electron chi connectivity index (χ2n) is 5.99. The first-order chi connectivity index (χ1) is 11.2. The van der Waals surface area contributed by atoms with Crippen molar-refractivity contribution in [1.82, 2.24) is 16.0 Å². The zero-order valence-corrected chi connectivity index (χ0v) is 17.5. The second-order valence-corrected chi connectivity index (χ2v) is 5.99. The number of ether oxygens (including phenoxy) is 2. The lowest BCUT2D eigenvalue weighted by Crippen LogP contribution is -2.47. The highest BCUT2D eigenvalue weighted by Crippen LogP contribution is 2.43. The van der Waals surface area contributed by atoms with Crippen LogP contribution >= 0.6 is 24.0 Å². The van der Waals surface area contributed by atoms with Gasteiger partial charge in [0.15, 0.2) is 5.96 Å². The highest BCUT2D eigenvalue weighted by atomic mass is 127. The Labute approximate surface area is 162 Å². The predicted molar refractivity (Wildman–Crippen MR) is 107 cm³/mol. The van der Waals surface area contributed by atoms with E-state index in [1.165, 1.54) is 19.3 Å². The van der Waals surface area contributed by atoms with Crippen molar-refractivity contribution < 1.29 is 14.3 Å². The van der Waals surface area contributed by atoms with E-state index < -0.39 is 0 Å². The quantitative estimate of drug-likeness (QED) is 0.188. The lowest BCUT2D eigenvalue weighted by molar-refractivity contribution is -0.119. The summed E-state index contributed by atoms with van der Waals surface area (Å²) >= 11 is 0. The number of rotatable bonds is 11. The summed E-state index contributed by atoms with van der Waals surface area (Å²) in [6.07, 6.45) is 4.79. The molecule has 8 heteroatoms. The minimum absolute atomic E-state index is 0. The summed E-state index contributed by atoms with van der Waals surface area (Å²) in [6.45, 7) is 5.57. The third-order valence-electron chi connectivity index (χ3n) is 4.23. The maximum atomic E-state index is 11.7. The summed E-state index contributed by atoms with van der Waals surface area (Å²) in [4.78, 5) is 16.0. The monoisotopic (exact) mass is 456 g/mol. The van der Waals surface area contributed by atoms with Crippen molar-refractivity contribution in [3.05, 3.63) is 0 Å². The van der Waals surface area contributed by atoms with E-state index in [0.29, 0.717) is 24.5 Å². The third-order valence-corrected chi connectivity index (χ3v) is 4.23. The van der Waals surface area contributed by atoms with Gasteiger partial charge in [-0.15, -0.1) is 24.0 Å². The van der Waals surface area contributed by atoms with Gasteiger partial charge in [0.1, 0.15) is 6.54 Å². The van der Waals surface area contributed by atoms with Crippen LogP contribution in [0.15, 0.2) is 4.99 Å². The predicted octanol–water partition coefficient (Wildman–Crippen LogP) is 1.13. The molecule has 0 aromatic rings. The van der Waals surface area contributed by atoms with Gasteiger partial charge in [0, 0.05) is 40.5 Å². The fourth-order valence-corrected chi connectivity index (χ4v) is 2.62. The number of aliphatic imine (C=N–C) groups is 1. The number of methoxy groups -OCH3 is 2. The standard InChI is InChI=1S/C16H32N4O3.HI/c1-4-17-15(19-12-14(21)18-9-11-23-3)20-13-16(6-5-7-16)8-10-22-2;/h4-13H2,1-3H3,(H,18,21)(H2,17,19,20);1H. The number of carbonyl (C=O) groups excluding carboxylic acids is 1. The van der Waals surface area contributed by atoms with Crippen LogP contribution in [0.1, 0.15) is 32.6 Å². The molecule has 0 heterocycles. The number of carbonyl (C=O) groups is 1. The maximum absolute atomic E-state index is 11.7. The minimum atomic E-state index is -0.100. The van der Waals surface area contributed by atoms with Gasteiger partial charge in [-0.3, -0.25) is 4.79 Å². The summed E-state index contributed by atoms with van der Waals surface area (Å²) in [7, 11) is 3.35. The Hall–Kier alpha value is -0.610. The first-order valence-electron chi connectivity index (χ1n) is 8.42. The molecule has 0 aromatic heterocycles. The third kappa shape index (κ3) is 9.03. The number of halogens is 1. The first-order valence-corrected chi connectivity index (χ1v) is 8.42. The molecule has 0 unspecified atom stereocenters. The smallest absolute Gasteiger partial charge is 0.241 e. The topological polar surface area (TPSA) is 84.0 Å². The Morgan fingerprint density at radius 2 is 1.83 bits per heavy atom. The molecule has 1 saturated carbocycles. The number of amides is 1. The van der Waals surface area contributed by atoms with Gasteiger partial charge < -0.3 is 25.4 Å². The first kappa shape index (κ1) is 23.4. The number of hydrogen-bond acceptors (Lipinski definition) is 4. The zero-order chi connectivity index (χ0) is 17.0.